The molecule has 9 heteroatoms. The van der Waals surface area contributed by atoms with Crippen molar-refractivity contribution < 1.29 is 18.3 Å². The first-order valence-corrected chi connectivity index (χ1v) is 12.4. The van der Waals surface area contributed by atoms with E-state index in [1.165, 1.54) is 60.7 Å². The molecule has 1 unspecified atom stereocenters. The molecule has 1 heterocycles. The monoisotopic (exact) mass is 419 g/mol. The SMILES string of the molecule is COC(O)(c1cccn1S(=O)(=O)c1ccccc1)C(SC)(SC)SC. The van der Waals surface area contributed by atoms with Crippen LogP contribution in [0, 0.1) is 0 Å². The summed E-state index contributed by atoms with van der Waals surface area (Å²) in [5.41, 5.74) is 0.164. The standard InChI is InChI=1S/C16H21NO4S4/c1-21-15(18,16(22-2,23-3)24-4)14-11-8-12-17(14)25(19,20)13-9-6-5-7-10-13/h5-12,18H,1-4H3. The highest BCUT2D eigenvalue weighted by Gasteiger charge is 2.54. The van der Waals surface area contributed by atoms with Gasteiger partial charge in [0.1, 0.15) is 0 Å². The van der Waals surface area contributed by atoms with E-state index in [1.54, 1.807) is 30.3 Å². The second-order valence-electron chi connectivity index (χ2n) is 5.02. The van der Waals surface area contributed by atoms with Crippen molar-refractivity contribution in [2.24, 2.45) is 0 Å². The van der Waals surface area contributed by atoms with Gasteiger partial charge in [-0.2, -0.15) is 0 Å². The maximum atomic E-state index is 13.0. The number of benzene rings is 1. The Balaban J connectivity index is 2.68. The molecule has 0 radical (unpaired) electrons. The maximum Gasteiger partial charge on any atom is 0.268 e. The Morgan fingerprint density at radius 1 is 1.00 bits per heavy atom. The van der Waals surface area contributed by atoms with Gasteiger partial charge in [0.25, 0.3) is 10.0 Å². The number of aromatic nitrogens is 1. The average molecular weight is 420 g/mol. The van der Waals surface area contributed by atoms with E-state index >= 15 is 0 Å². The van der Waals surface area contributed by atoms with Crippen LogP contribution in [0.1, 0.15) is 5.69 Å². The fraction of sp³-hybridized carbons (Fsp3) is 0.375. The number of hydrogen-bond donors (Lipinski definition) is 1. The highest BCUT2D eigenvalue weighted by molar-refractivity contribution is 8.33. The first kappa shape index (κ1) is 20.7. The topological polar surface area (TPSA) is 68.5 Å². The molecular weight excluding hydrogens is 398 g/mol. The van der Waals surface area contributed by atoms with E-state index in [0.717, 1.165) is 3.97 Å². The Morgan fingerprint density at radius 2 is 1.56 bits per heavy atom. The molecule has 138 valence electrons. The maximum absolute atomic E-state index is 13.0. The lowest BCUT2D eigenvalue weighted by atomic mass is 10.2. The van der Waals surface area contributed by atoms with Crippen molar-refractivity contribution in [1.82, 2.24) is 3.97 Å². The highest BCUT2D eigenvalue weighted by Crippen LogP contribution is 2.55. The van der Waals surface area contributed by atoms with Crippen LogP contribution in [0.25, 0.3) is 0 Å². The molecule has 0 fully saturated rings. The molecular formula is C16H21NO4S4. The molecule has 1 N–H and O–H groups in total. The number of rotatable bonds is 8. The number of nitrogens with zero attached hydrogens (tertiary/aromatic N) is 1. The molecule has 0 bridgehead atoms. The van der Waals surface area contributed by atoms with Gasteiger partial charge in [-0.25, -0.2) is 12.4 Å². The number of ether oxygens (including phenoxy) is 1. The van der Waals surface area contributed by atoms with E-state index in [1.807, 2.05) is 18.8 Å². The zero-order valence-electron chi connectivity index (χ0n) is 14.4. The Morgan fingerprint density at radius 3 is 2.04 bits per heavy atom. The molecule has 2 aromatic rings. The van der Waals surface area contributed by atoms with Gasteiger partial charge in [0.2, 0.25) is 5.79 Å². The molecule has 25 heavy (non-hydrogen) atoms. The number of methoxy groups -OCH3 is 1. The van der Waals surface area contributed by atoms with Crippen LogP contribution < -0.4 is 0 Å². The van der Waals surface area contributed by atoms with Crippen molar-refractivity contribution in [1.29, 1.82) is 0 Å². The number of aliphatic hydroxyl groups is 1. The lowest BCUT2D eigenvalue weighted by Crippen LogP contribution is -2.48. The van der Waals surface area contributed by atoms with Crippen LogP contribution in [0.4, 0.5) is 0 Å². The van der Waals surface area contributed by atoms with Crippen molar-refractivity contribution in [3.05, 3.63) is 54.4 Å². The predicted octanol–water partition coefficient (Wildman–Crippen LogP) is 3.26. The summed E-state index contributed by atoms with van der Waals surface area (Å²) in [5.74, 6) is -1.82. The third-order valence-electron chi connectivity index (χ3n) is 3.88. The molecule has 1 aromatic carbocycles. The van der Waals surface area contributed by atoms with Crippen LogP contribution in [0.2, 0.25) is 0 Å². The second kappa shape index (κ2) is 7.98. The lowest BCUT2D eigenvalue weighted by molar-refractivity contribution is -0.189. The minimum Gasteiger partial charge on any atom is -0.358 e. The minimum atomic E-state index is -3.86. The van der Waals surface area contributed by atoms with E-state index < -0.39 is 19.2 Å². The summed E-state index contributed by atoms with van der Waals surface area (Å²) in [6, 6.07) is 11.3. The van der Waals surface area contributed by atoms with E-state index in [-0.39, 0.29) is 10.6 Å². The van der Waals surface area contributed by atoms with Gasteiger partial charge in [-0.3, -0.25) is 0 Å². The normalized spacial score (nSPS) is 15.1. The van der Waals surface area contributed by atoms with Crippen molar-refractivity contribution in [2.45, 2.75) is 14.1 Å². The third-order valence-corrected chi connectivity index (χ3v) is 11.0. The predicted molar refractivity (Wildman–Crippen MR) is 108 cm³/mol. The van der Waals surface area contributed by atoms with Gasteiger partial charge < -0.3 is 9.84 Å². The summed E-state index contributed by atoms with van der Waals surface area (Å²) in [6.45, 7) is 0. The van der Waals surface area contributed by atoms with Crippen molar-refractivity contribution in [3.63, 3.8) is 0 Å². The summed E-state index contributed by atoms with van der Waals surface area (Å²) in [4.78, 5) is 0.147. The molecule has 0 amide bonds. The molecule has 0 saturated heterocycles. The summed E-state index contributed by atoms with van der Waals surface area (Å²) in [6.07, 6.45) is 7.00. The zero-order chi connectivity index (χ0) is 18.7. The largest absolute Gasteiger partial charge is 0.358 e. The minimum absolute atomic E-state index is 0.147. The lowest BCUT2D eigenvalue weighted by Gasteiger charge is -2.42. The summed E-state index contributed by atoms with van der Waals surface area (Å²) in [5, 5.41) is 11.4. The van der Waals surface area contributed by atoms with Crippen LogP contribution in [0.3, 0.4) is 0 Å². The van der Waals surface area contributed by atoms with Gasteiger partial charge in [0.05, 0.1) is 10.6 Å². The summed E-state index contributed by atoms with van der Waals surface area (Å²) >= 11 is 4.22. The van der Waals surface area contributed by atoms with Crippen LogP contribution in [0.5, 0.6) is 0 Å². The fourth-order valence-corrected chi connectivity index (χ4v) is 7.39. The summed E-state index contributed by atoms with van der Waals surface area (Å²) < 4.78 is 31.8. The van der Waals surface area contributed by atoms with Crippen LogP contribution in [0.15, 0.2) is 53.6 Å². The van der Waals surface area contributed by atoms with E-state index in [4.69, 9.17) is 4.74 Å². The Bertz CT molecular complexity index is 794. The highest BCUT2D eigenvalue weighted by atomic mass is 32.3. The number of hydrogen-bond acceptors (Lipinski definition) is 7. The first-order chi connectivity index (χ1) is 11.8. The second-order valence-corrected chi connectivity index (χ2v) is 10.7. The fourth-order valence-electron chi connectivity index (χ4n) is 2.60. The zero-order valence-corrected chi connectivity index (χ0v) is 17.6. The van der Waals surface area contributed by atoms with Gasteiger partial charge in [-0.15, -0.1) is 35.3 Å². The Hall–Kier alpha value is -0.580. The van der Waals surface area contributed by atoms with Crippen LogP contribution >= 0.6 is 35.3 Å². The van der Waals surface area contributed by atoms with Gasteiger partial charge in [0, 0.05) is 13.3 Å². The van der Waals surface area contributed by atoms with Gasteiger partial charge >= 0.3 is 0 Å². The van der Waals surface area contributed by atoms with Crippen molar-refractivity contribution >= 4 is 45.3 Å². The van der Waals surface area contributed by atoms with E-state index in [2.05, 4.69) is 0 Å². The molecule has 0 aliphatic rings. The Kier molecular flexibility index (Phi) is 6.61. The molecule has 2 rings (SSSR count). The smallest absolute Gasteiger partial charge is 0.268 e. The molecule has 1 atom stereocenters. The first-order valence-electron chi connectivity index (χ1n) is 7.24. The molecule has 0 aliphatic carbocycles. The molecule has 1 aromatic heterocycles. The van der Waals surface area contributed by atoms with E-state index in [0.29, 0.717) is 0 Å². The van der Waals surface area contributed by atoms with Gasteiger partial charge in [-0.1, -0.05) is 18.2 Å². The van der Waals surface area contributed by atoms with E-state index in [9.17, 15) is 13.5 Å². The van der Waals surface area contributed by atoms with Crippen LogP contribution in [-0.4, -0.2) is 46.8 Å². The molecule has 5 nitrogen and oxygen atoms in total. The average Bonchev–Trinajstić information content (AvgIpc) is 3.15. The quantitative estimate of drug-likeness (QED) is 0.659. The molecule has 0 aliphatic heterocycles. The molecule has 0 saturated carbocycles. The van der Waals surface area contributed by atoms with Gasteiger partial charge in [-0.05, 0) is 43.0 Å². The third kappa shape index (κ3) is 3.38. The van der Waals surface area contributed by atoms with Crippen molar-refractivity contribution in [2.75, 3.05) is 25.9 Å². The van der Waals surface area contributed by atoms with Crippen LogP contribution in [-0.2, 0) is 20.5 Å². The summed E-state index contributed by atoms with van der Waals surface area (Å²) in [7, 11) is -2.48. The number of thioether (sulfide) groups is 3. The van der Waals surface area contributed by atoms with Gasteiger partial charge in [0.15, 0.2) is 3.41 Å². The van der Waals surface area contributed by atoms with Crippen molar-refractivity contribution in [3.8, 4) is 0 Å². The molecule has 0 spiro atoms. The Labute approximate surface area is 161 Å².